The molecule has 0 bridgehead atoms. The third kappa shape index (κ3) is 4.32. The Morgan fingerprint density at radius 3 is 2.26 bits per heavy atom. The Balaban J connectivity index is 1.87. The maximum absolute atomic E-state index is 5.57. The number of anilines is 1. The second-order valence-electron chi connectivity index (χ2n) is 4.71. The molecular weight excluding hydrogens is 234 g/mol. The fourth-order valence-corrected chi connectivity index (χ4v) is 1.80. The lowest BCUT2D eigenvalue weighted by Crippen LogP contribution is -2.00. The van der Waals surface area contributed by atoms with Crippen molar-refractivity contribution in [3.8, 4) is 5.75 Å². The molecule has 0 aliphatic heterocycles. The summed E-state index contributed by atoms with van der Waals surface area (Å²) in [6.07, 6.45) is 1.04. The summed E-state index contributed by atoms with van der Waals surface area (Å²) in [5, 5.41) is 3.41. The quantitative estimate of drug-likeness (QED) is 0.826. The molecule has 2 rings (SSSR count). The molecule has 19 heavy (non-hydrogen) atoms. The van der Waals surface area contributed by atoms with Crippen molar-refractivity contribution in [2.45, 2.75) is 26.8 Å². The van der Waals surface area contributed by atoms with Gasteiger partial charge < -0.3 is 10.1 Å². The summed E-state index contributed by atoms with van der Waals surface area (Å²) in [5.41, 5.74) is 3.68. The first-order valence-corrected chi connectivity index (χ1v) is 6.80. The number of nitrogens with one attached hydrogen (secondary N) is 1. The van der Waals surface area contributed by atoms with Crippen molar-refractivity contribution >= 4 is 5.69 Å². The van der Waals surface area contributed by atoms with E-state index in [1.807, 2.05) is 12.1 Å². The first-order valence-electron chi connectivity index (χ1n) is 6.80. The second-order valence-corrected chi connectivity index (χ2v) is 4.71. The predicted octanol–water partition coefficient (Wildman–Crippen LogP) is 4.40. The molecule has 100 valence electrons. The van der Waals surface area contributed by atoms with Gasteiger partial charge in [-0.05, 0) is 43.2 Å². The lowest BCUT2D eigenvalue weighted by molar-refractivity contribution is 0.317. The monoisotopic (exact) mass is 255 g/mol. The zero-order chi connectivity index (χ0) is 13.5. The van der Waals surface area contributed by atoms with Gasteiger partial charge in [0.2, 0.25) is 0 Å². The molecule has 1 N–H and O–H groups in total. The van der Waals surface area contributed by atoms with Gasteiger partial charge in [0.1, 0.15) is 5.75 Å². The molecule has 2 nitrogen and oxygen atoms in total. The van der Waals surface area contributed by atoms with Gasteiger partial charge in [-0.25, -0.2) is 0 Å². The van der Waals surface area contributed by atoms with Gasteiger partial charge in [0.25, 0.3) is 0 Å². The third-order valence-electron chi connectivity index (χ3n) is 2.94. The van der Waals surface area contributed by atoms with E-state index in [9.17, 15) is 0 Å². The van der Waals surface area contributed by atoms with Crippen molar-refractivity contribution < 1.29 is 4.74 Å². The van der Waals surface area contributed by atoms with Crippen LogP contribution in [0.2, 0.25) is 0 Å². The number of aryl methyl sites for hydroxylation is 1. The molecule has 2 aromatic carbocycles. The Morgan fingerprint density at radius 1 is 0.947 bits per heavy atom. The van der Waals surface area contributed by atoms with Crippen LogP contribution in [0.4, 0.5) is 5.69 Å². The van der Waals surface area contributed by atoms with Gasteiger partial charge in [0, 0.05) is 12.2 Å². The molecule has 0 heterocycles. The van der Waals surface area contributed by atoms with Gasteiger partial charge in [-0.3, -0.25) is 0 Å². The number of hydrogen-bond donors (Lipinski definition) is 1. The highest BCUT2D eigenvalue weighted by atomic mass is 16.5. The highest BCUT2D eigenvalue weighted by molar-refractivity contribution is 5.45. The van der Waals surface area contributed by atoms with E-state index in [2.05, 4.69) is 55.6 Å². The fourth-order valence-electron chi connectivity index (χ4n) is 1.80. The largest absolute Gasteiger partial charge is 0.494 e. The van der Waals surface area contributed by atoms with E-state index in [0.717, 1.165) is 31.0 Å². The average Bonchev–Trinajstić information content (AvgIpc) is 2.46. The highest BCUT2D eigenvalue weighted by Gasteiger charge is 1.96. The number of benzene rings is 2. The lowest BCUT2D eigenvalue weighted by Gasteiger charge is -2.08. The maximum Gasteiger partial charge on any atom is 0.119 e. The van der Waals surface area contributed by atoms with E-state index in [1.54, 1.807) is 0 Å². The van der Waals surface area contributed by atoms with Crippen LogP contribution in [0.15, 0.2) is 48.5 Å². The van der Waals surface area contributed by atoms with E-state index in [0.29, 0.717) is 0 Å². The maximum atomic E-state index is 5.57. The molecule has 0 amide bonds. The van der Waals surface area contributed by atoms with Crippen LogP contribution in [0.3, 0.4) is 0 Å². The minimum atomic E-state index is 0.779. The first-order chi connectivity index (χ1) is 9.28. The van der Waals surface area contributed by atoms with E-state index in [-0.39, 0.29) is 0 Å². The molecule has 0 spiro atoms. The van der Waals surface area contributed by atoms with Gasteiger partial charge in [-0.2, -0.15) is 0 Å². The molecule has 0 unspecified atom stereocenters. The molecule has 0 aromatic heterocycles. The van der Waals surface area contributed by atoms with E-state index >= 15 is 0 Å². The Morgan fingerprint density at radius 2 is 1.63 bits per heavy atom. The molecule has 2 aromatic rings. The molecule has 2 heteroatoms. The van der Waals surface area contributed by atoms with Crippen LogP contribution in [0.1, 0.15) is 24.5 Å². The summed E-state index contributed by atoms with van der Waals surface area (Å²) in [4.78, 5) is 0. The smallest absolute Gasteiger partial charge is 0.119 e. The minimum absolute atomic E-state index is 0.779. The normalized spacial score (nSPS) is 10.2. The number of ether oxygens (including phenoxy) is 1. The molecule has 0 saturated carbocycles. The molecule has 0 atom stereocenters. The van der Waals surface area contributed by atoms with Crippen LogP contribution in [-0.2, 0) is 6.54 Å². The van der Waals surface area contributed by atoms with Crippen molar-refractivity contribution in [1.82, 2.24) is 0 Å². The summed E-state index contributed by atoms with van der Waals surface area (Å²) >= 11 is 0. The summed E-state index contributed by atoms with van der Waals surface area (Å²) in [7, 11) is 0. The summed E-state index contributed by atoms with van der Waals surface area (Å²) in [5.74, 6) is 0.945. The van der Waals surface area contributed by atoms with Gasteiger partial charge in [-0.15, -0.1) is 0 Å². The minimum Gasteiger partial charge on any atom is -0.494 e. The first kappa shape index (κ1) is 13.5. The Bertz CT molecular complexity index is 488. The van der Waals surface area contributed by atoms with Crippen molar-refractivity contribution in [3.63, 3.8) is 0 Å². The average molecular weight is 255 g/mol. The topological polar surface area (TPSA) is 21.3 Å². The van der Waals surface area contributed by atoms with Crippen molar-refractivity contribution in [3.05, 3.63) is 59.7 Å². The molecule has 0 fully saturated rings. The molecule has 0 aliphatic rings. The fraction of sp³-hybridized carbons (Fsp3) is 0.294. The summed E-state index contributed by atoms with van der Waals surface area (Å²) in [6.45, 7) is 5.82. The molecule has 0 saturated heterocycles. The SMILES string of the molecule is CCCOc1ccc(CNc2ccc(C)cc2)cc1. The van der Waals surface area contributed by atoms with E-state index in [4.69, 9.17) is 4.74 Å². The van der Waals surface area contributed by atoms with Crippen molar-refractivity contribution in [1.29, 1.82) is 0 Å². The highest BCUT2D eigenvalue weighted by Crippen LogP contribution is 2.14. The van der Waals surface area contributed by atoms with Gasteiger partial charge in [0.15, 0.2) is 0 Å². The number of hydrogen-bond acceptors (Lipinski definition) is 2. The van der Waals surface area contributed by atoms with Gasteiger partial charge in [0.05, 0.1) is 6.61 Å². The number of rotatable bonds is 6. The van der Waals surface area contributed by atoms with Crippen LogP contribution in [-0.4, -0.2) is 6.61 Å². The Kier molecular flexibility index (Phi) is 4.85. The summed E-state index contributed by atoms with van der Waals surface area (Å²) < 4.78 is 5.57. The van der Waals surface area contributed by atoms with Crippen LogP contribution < -0.4 is 10.1 Å². The van der Waals surface area contributed by atoms with E-state index < -0.39 is 0 Å². The molecular formula is C17H21NO. The standard InChI is InChI=1S/C17H21NO/c1-3-12-19-17-10-6-15(7-11-17)13-18-16-8-4-14(2)5-9-16/h4-11,18H,3,12-13H2,1-2H3. The Labute approximate surface area is 115 Å². The van der Waals surface area contributed by atoms with Crippen LogP contribution in [0.5, 0.6) is 5.75 Å². The summed E-state index contributed by atoms with van der Waals surface area (Å²) in [6, 6.07) is 16.7. The molecule has 0 aliphatic carbocycles. The van der Waals surface area contributed by atoms with Gasteiger partial charge >= 0.3 is 0 Å². The lowest BCUT2D eigenvalue weighted by atomic mass is 10.2. The zero-order valence-corrected chi connectivity index (χ0v) is 11.6. The predicted molar refractivity (Wildman–Crippen MR) is 80.7 cm³/mol. The zero-order valence-electron chi connectivity index (χ0n) is 11.6. The molecule has 0 radical (unpaired) electrons. The third-order valence-corrected chi connectivity index (χ3v) is 2.94. The van der Waals surface area contributed by atoms with Crippen molar-refractivity contribution in [2.75, 3.05) is 11.9 Å². The van der Waals surface area contributed by atoms with E-state index in [1.165, 1.54) is 11.1 Å². The van der Waals surface area contributed by atoms with Crippen LogP contribution >= 0.6 is 0 Å². The Hall–Kier alpha value is -1.96. The second kappa shape index (κ2) is 6.83. The van der Waals surface area contributed by atoms with Gasteiger partial charge in [-0.1, -0.05) is 36.8 Å². The van der Waals surface area contributed by atoms with Crippen LogP contribution in [0.25, 0.3) is 0 Å². The van der Waals surface area contributed by atoms with Crippen molar-refractivity contribution in [2.24, 2.45) is 0 Å². The van der Waals surface area contributed by atoms with Crippen LogP contribution in [0, 0.1) is 6.92 Å².